The van der Waals surface area contributed by atoms with E-state index in [1.165, 1.54) is 12.1 Å². The Hall–Kier alpha value is -2.34. The van der Waals surface area contributed by atoms with Crippen molar-refractivity contribution in [3.8, 4) is 0 Å². The Morgan fingerprint density at radius 3 is 1.63 bits per heavy atom. The Bertz CT molecular complexity index is 1290. The number of carbonyl (C=O) groups is 1. The van der Waals surface area contributed by atoms with Gasteiger partial charge < -0.3 is 4.74 Å². The average Bonchev–Trinajstić information content (AvgIpc) is 2.98. The van der Waals surface area contributed by atoms with E-state index in [1.54, 1.807) is 60.7 Å². The van der Waals surface area contributed by atoms with Crippen LogP contribution in [-0.4, -0.2) is 35.2 Å². The van der Waals surface area contributed by atoms with Gasteiger partial charge in [0.1, 0.15) is 5.82 Å². The van der Waals surface area contributed by atoms with Gasteiger partial charge >= 0.3 is 21.3 Å². The Morgan fingerprint density at radius 2 is 1.15 bits per heavy atom. The van der Waals surface area contributed by atoms with E-state index in [4.69, 9.17) is 4.74 Å². The summed E-state index contributed by atoms with van der Waals surface area (Å²) in [4.78, 5) is 13.3. The van der Waals surface area contributed by atoms with E-state index in [-0.39, 0.29) is 11.5 Å². The molecule has 0 radical (unpaired) electrons. The number of hydrogen-bond acceptors (Lipinski definition) is 4. The minimum Gasteiger partial charge on any atom is -0.460 e. The molecule has 5 nitrogen and oxygen atoms in total. The second kappa shape index (κ2) is 15.8. The van der Waals surface area contributed by atoms with Crippen molar-refractivity contribution in [2.75, 3.05) is 11.9 Å². The molecular weight excluding hydrogens is 641 g/mol. The zero-order chi connectivity index (χ0) is 29.8. The minimum absolute atomic E-state index is 0.205. The van der Waals surface area contributed by atoms with Crippen molar-refractivity contribution in [2.45, 2.75) is 71.3 Å². The lowest BCUT2D eigenvalue weighted by Gasteiger charge is -2.35. The molecule has 1 N–H and O–H groups in total. The van der Waals surface area contributed by atoms with E-state index in [0.29, 0.717) is 22.6 Å². The zero-order valence-corrected chi connectivity index (χ0v) is 25.8. The molecule has 0 saturated heterocycles. The van der Waals surface area contributed by atoms with E-state index in [9.17, 15) is 17.6 Å². The quantitative estimate of drug-likeness (QED) is 0.0470. The Morgan fingerprint density at radius 1 is 0.707 bits per heavy atom. The average molecular weight is 677 g/mol. The molecule has 0 bridgehead atoms. The maximum atomic E-state index is 15.3. The molecule has 0 unspecified atom stereocenters. The van der Waals surface area contributed by atoms with Crippen LogP contribution in [0.1, 0.15) is 51.4 Å². The smallest absolute Gasteiger partial charge is 0.460 e. The van der Waals surface area contributed by atoms with E-state index in [2.05, 4.69) is 19.6 Å². The van der Waals surface area contributed by atoms with Crippen molar-refractivity contribution in [1.82, 2.24) is 0 Å². The number of unbranched alkanes of at least 4 members (excludes halogenated alkanes) is 7. The highest BCUT2D eigenvalue weighted by Gasteiger charge is 2.63. The fourth-order valence-corrected chi connectivity index (χ4v) is 9.91. The summed E-state index contributed by atoms with van der Waals surface area (Å²) in [6, 6.07) is 21.0. The first-order chi connectivity index (χ1) is 19.6. The van der Waals surface area contributed by atoms with Crippen LogP contribution >= 0.6 is 26.2 Å². The first kappa shape index (κ1) is 33.2. The number of halogens is 4. The summed E-state index contributed by atoms with van der Waals surface area (Å²) in [5.74, 6) is -2.75. The molecule has 41 heavy (non-hydrogen) atoms. The summed E-state index contributed by atoms with van der Waals surface area (Å²) in [6.45, 7) is -0.319. The van der Waals surface area contributed by atoms with Gasteiger partial charge in [-0.2, -0.15) is 8.78 Å². The van der Waals surface area contributed by atoms with Gasteiger partial charge in [-0.05, 0) is 61.4 Å². The van der Waals surface area contributed by atoms with Crippen molar-refractivity contribution in [3.63, 3.8) is 0 Å². The summed E-state index contributed by atoms with van der Waals surface area (Å²) in [5, 5.41) is -3.94. The molecule has 0 aromatic heterocycles. The Balaban J connectivity index is 1.81. The molecular formula is C30H35BrF3O5S2+. The largest absolute Gasteiger partial charge is 0.514 e. The highest BCUT2D eigenvalue weighted by molar-refractivity contribution is 9.09. The van der Waals surface area contributed by atoms with Crippen LogP contribution in [0.5, 0.6) is 0 Å². The second-order valence-electron chi connectivity index (χ2n) is 9.38. The van der Waals surface area contributed by atoms with Gasteiger partial charge in [-0.25, -0.2) is 9.18 Å². The number of alkyl halides is 3. The molecule has 11 heteroatoms. The lowest BCUT2D eigenvalue weighted by atomic mass is 10.1. The number of ether oxygens (including phenoxy) is 1. The highest BCUT2D eigenvalue weighted by atomic mass is 79.9. The molecule has 224 valence electrons. The Labute approximate surface area is 250 Å². The van der Waals surface area contributed by atoms with Gasteiger partial charge in [0.15, 0.2) is 0 Å². The lowest BCUT2D eigenvalue weighted by Crippen LogP contribution is -2.42. The van der Waals surface area contributed by atoms with Crippen LogP contribution in [0, 0.1) is 5.82 Å². The van der Waals surface area contributed by atoms with Gasteiger partial charge in [0.25, 0.3) is 0 Å². The summed E-state index contributed by atoms with van der Waals surface area (Å²) in [5.41, 5.74) is 0. The van der Waals surface area contributed by atoms with Crippen LogP contribution < -0.4 is 0 Å². The maximum absolute atomic E-state index is 15.3. The third kappa shape index (κ3) is 8.59. The lowest BCUT2D eigenvalue weighted by molar-refractivity contribution is -0.161. The van der Waals surface area contributed by atoms with Gasteiger partial charge in [0, 0.05) is 5.33 Å². The second-order valence-corrected chi connectivity index (χ2v) is 14.8. The normalized spacial score (nSPS) is 12.7. The third-order valence-corrected chi connectivity index (χ3v) is 12.3. The van der Waals surface area contributed by atoms with Crippen molar-refractivity contribution in [2.24, 2.45) is 0 Å². The summed E-state index contributed by atoms with van der Waals surface area (Å²) in [7, 11) is -9.06. The van der Waals surface area contributed by atoms with Crippen LogP contribution in [0.3, 0.4) is 0 Å². The fourth-order valence-electron chi connectivity index (χ4n) is 4.21. The number of benzene rings is 3. The highest BCUT2D eigenvalue weighted by Crippen LogP contribution is 2.68. The Kier molecular flexibility index (Phi) is 12.8. The van der Waals surface area contributed by atoms with Crippen LogP contribution in [-0.2, 0) is 19.6 Å². The molecule has 0 amide bonds. The molecule has 0 heterocycles. The molecule has 0 atom stereocenters. The van der Waals surface area contributed by atoms with Gasteiger partial charge in [0.2, 0.25) is 0 Å². The molecule has 3 aromatic rings. The van der Waals surface area contributed by atoms with Crippen molar-refractivity contribution in [1.29, 1.82) is 0 Å². The molecule has 0 saturated carbocycles. The zero-order valence-electron chi connectivity index (χ0n) is 22.6. The molecule has 0 fully saturated rings. The number of esters is 1. The number of carbonyl (C=O) groups excluding carboxylic acids is 1. The van der Waals surface area contributed by atoms with Crippen LogP contribution in [0.25, 0.3) is 0 Å². The minimum atomic E-state index is -5.78. The van der Waals surface area contributed by atoms with Crippen LogP contribution in [0.4, 0.5) is 13.2 Å². The summed E-state index contributed by atoms with van der Waals surface area (Å²) in [6.07, 6.45) is 7.36. The molecule has 3 rings (SSSR count). The van der Waals surface area contributed by atoms with Gasteiger partial charge in [-0.15, -0.1) is 8.42 Å². The SMILES string of the molecule is O=C(OCCCCCCCCCCBr)C(F)(F)S(=O)(=O)[OH+]S(c1ccccc1)(c1ccccc1)c1ccc(F)cc1. The summed E-state index contributed by atoms with van der Waals surface area (Å²) < 4.78 is 79.7. The first-order valence-corrected chi connectivity index (χ1v) is 17.6. The van der Waals surface area contributed by atoms with E-state index < -0.39 is 37.5 Å². The van der Waals surface area contributed by atoms with Gasteiger partial charge in [-0.1, -0.05) is 90.9 Å². The molecule has 0 aliphatic heterocycles. The molecule has 3 aromatic carbocycles. The van der Waals surface area contributed by atoms with Crippen LogP contribution in [0.15, 0.2) is 99.6 Å². The van der Waals surface area contributed by atoms with Crippen molar-refractivity contribution in [3.05, 3.63) is 90.7 Å². The monoisotopic (exact) mass is 675 g/mol. The predicted molar refractivity (Wildman–Crippen MR) is 160 cm³/mol. The number of rotatable bonds is 17. The summed E-state index contributed by atoms with van der Waals surface area (Å²) >= 11 is 3.40. The predicted octanol–water partition coefficient (Wildman–Crippen LogP) is 9.10. The third-order valence-electron chi connectivity index (χ3n) is 6.36. The van der Waals surface area contributed by atoms with Gasteiger partial charge in [0.05, 0.1) is 31.6 Å². The maximum Gasteiger partial charge on any atom is 0.514 e. The van der Waals surface area contributed by atoms with Crippen LogP contribution in [0.2, 0.25) is 0 Å². The first-order valence-electron chi connectivity index (χ1n) is 13.4. The molecule has 0 aliphatic carbocycles. The van der Waals surface area contributed by atoms with Crippen molar-refractivity contribution >= 4 is 42.3 Å². The molecule has 0 spiro atoms. The fraction of sp³-hybridized carbons (Fsp3) is 0.367. The van der Waals surface area contributed by atoms with Crippen molar-refractivity contribution < 1.29 is 34.7 Å². The van der Waals surface area contributed by atoms with Gasteiger partial charge in [-0.3, -0.25) is 3.63 Å². The topological polar surface area (TPSA) is 73.2 Å². The standard InChI is InChI=1S/C30H34BrF3O5S2/c31-23-13-5-3-1-2-4-6-14-24-38-29(35)30(33,34)41(36,37)39-40(26-15-9-7-10-16-26,27-17-11-8-12-18-27)28-21-19-25(32)20-22-28/h7-12,15-22H,1-6,13-14,23-24H2/p+1. The van der Waals surface area contributed by atoms with E-state index in [1.807, 2.05) is 0 Å². The van der Waals surface area contributed by atoms with E-state index >= 15 is 8.78 Å². The molecule has 0 aliphatic rings. The van der Waals surface area contributed by atoms with E-state index in [0.717, 1.165) is 56.0 Å². The number of hydrogen-bond donors (Lipinski definition) is 0.